The summed E-state index contributed by atoms with van der Waals surface area (Å²) in [6, 6.07) is 10.0. The first-order valence-corrected chi connectivity index (χ1v) is 4.12. The smallest absolute Gasteiger partial charge is 0.654 e. The van der Waals surface area contributed by atoms with Crippen LogP contribution in [0.4, 0.5) is 4.39 Å². The van der Waals surface area contributed by atoms with Crippen molar-refractivity contribution in [2.75, 3.05) is 13.2 Å². The standard InChI is InChI=1S/C10H13FN.Li/c1-9(12-8-7-11)10-5-3-2-4-6-10;/h2-6,9H,7-8H2,1H3;/q-1;+1/t9-;/m1./s1. The Balaban J connectivity index is 0.00000144. The molecule has 13 heavy (non-hydrogen) atoms. The van der Waals surface area contributed by atoms with Crippen molar-refractivity contribution in [1.29, 1.82) is 0 Å². The Hall–Kier alpha value is -0.293. The zero-order valence-electron chi connectivity index (χ0n) is 8.20. The Morgan fingerprint density at radius 3 is 2.46 bits per heavy atom. The fourth-order valence-electron chi connectivity index (χ4n) is 1.08. The molecule has 0 saturated heterocycles. The van der Waals surface area contributed by atoms with Crippen molar-refractivity contribution in [3.8, 4) is 0 Å². The van der Waals surface area contributed by atoms with Gasteiger partial charge in [-0.15, -0.1) is 12.6 Å². The third kappa shape index (κ3) is 4.47. The van der Waals surface area contributed by atoms with Crippen LogP contribution in [0.25, 0.3) is 5.32 Å². The van der Waals surface area contributed by atoms with Crippen LogP contribution in [0.5, 0.6) is 0 Å². The zero-order valence-corrected chi connectivity index (χ0v) is 8.20. The molecule has 1 aromatic carbocycles. The molecule has 0 fully saturated rings. The van der Waals surface area contributed by atoms with Gasteiger partial charge in [0.25, 0.3) is 0 Å². The molecule has 0 bridgehead atoms. The van der Waals surface area contributed by atoms with Gasteiger partial charge in [0.15, 0.2) is 0 Å². The molecular formula is C10H13FLiN. The van der Waals surface area contributed by atoms with Gasteiger partial charge in [-0.3, -0.25) is 4.39 Å². The van der Waals surface area contributed by atoms with E-state index in [2.05, 4.69) is 5.32 Å². The van der Waals surface area contributed by atoms with Crippen LogP contribution in [-0.4, -0.2) is 13.2 Å². The molecule has 0 spiro atoms. The Labute approximate surface area is 90.9 Å². The second-order valence-corrected chi connectivity index (χ2v) is 2.68. The van der Waals surface area contributed by atoms with E-state index in [9.17, 15) is 4.39 Å². The minimum Gasteiger partial charge on any atom is -0.654 e. The average molecular weight is 173 g/mol. The summed E-state index contributed by atoms with van der Waals surface area (Å²) < 4.78 is 11.8. The van der Waals surface area contributed by atoms with E-state index in [-0.39, 0.29) is 31.6 Å². The van der Waals surface area contributed by atoms with Gasteiger partial charge < -0.3 is 5.32 Å². The number of benzene rings is 1. The third-order valence-corrected chi connectivity index (χ3v) is 1.77. The van der Waals surface area contributed by atoms with E-state index in [0.29, 0.717) is 6.54 Å². The first-order valence-electron chi connectivity index (χ1n) is 4.12. The summed E-state index contributed by atoms with van der Waals surface area (Å²) in [7, 11) is 0. The summed E-state index contributed by atoms with van der Waals surface area (Å²) in [5, 5.41) is 4.14. The van der Waals surface area contributed by atoms with E-state index in [1.54, 1.807) is 0 Å². The van der Waals surface area contributed by atoms with Crippen molar-refractivity contribution in [2.45, 2.75) is 13.0 Å². The van der Waals surface area contributed by atoms with Crippen molar-refractivity contribution in [1.82, 2.24) is 0 Å². The SMILES string of the molecule is C[C@@H]([N-]CCF)c1ccccc1.[Li+]. The van der Waals surface area contributed by atoms with Gasteiger partial charge in [0.2, 0.25) is 0 Å². The summed E-state index contributed by atoms with van der Waals surface area (Å²) in [5.74, 6) is 0. The Kier molecular flexibility index (Phi) is 6.98. The molecule has 66 valence electrons. The molecule has 1 nitrogen and oxygen atoms in total. The van der Waals surface area contributed by atoms with Crippen molar-refractivity contribution in [3.05, 3.63) is 41.2 Å². The molecule has 0 amide bonds. The minimum absolute atomic E-state index is 0. The van der Waals surface area contributed by atoms with Gasteiger partial charge in [0, 0.05) is 0 Å². The monoisotopic (exact) mass is 173 g/mol. The molecule has 1 rings (SSSR count). The minimum atomic E-state index is -0.364. The molecular weight excluding hydrogens is 160 g/mol. The molecule has 0 heterocycles. The molecule has 1 aromatic rings. The van der Waals surface area contributed by atoms with Crippen molar-refractivity contribution < 1.29 is 23.3 Å². The molecule has 0 saturated carbocycles. The van der Waals surface area contributed by atoms with Crippen LogP contribution in [0.2, 0.25) is 0 Å². The molecule has 3 heteroatoms. The van der Waals surface area contributed by atoms with E-state index in [1.165, 1.54) is 0 Å². The van der Waals surface area contributed by atoms with Crippen LogP contribution in [0, 0.1) is 0 Å². The Morgan fingerprint density at radius 1 is 1.31 bits per heavy atom. The molecule has 0 aliphatic rings. The topological polar surface area (TPSA) is 14.1 Å². The fraction of sp³-hybridized carbons (Fsp3) is 0.400. The number of rotatable bonds is 4. The maximum absolute atomic E-state index is 11.8. The third-order valence-electron chi connectivity index (χ3n) is 1.77. The number of halogens is 1. The van der Waals surface area contributed by atoms with Crippen LogP contribution in [0.1, 0.15) is 18.5 Å². The summed E-state index contributed by atoms with van der Waals surface area (Å²) in [5.41, 5.74) is 1.14. The van der Waals surface area contributed by atoms with Crippen LogP contribution < -0.4 is 18.9 Å². The van der Waals surface area contributed by atoms with Gasteiger partial charge in [-0.2, -0.15) is 0 Å². The molecule has 0 N–H and O–H groups in total. The van der Waals surface area contributed by atoms with Gasteiger partial charge in [0.1, 0.15) is 0 Å². The molecule has 0 unspecified atom stereocenters. The second-order valence-electron chi connectivity index (χ2n) is 2.68. The van der Waals surface area contributed by atoms with E-state index in [1.807, 2.05) is 37.3 Å². The van der Waals surface area contributed by atoms with E-state index >= 15 is 0 Å². The van der Waals surface area contributed by atoms with E-state index in [0.717, 1.165) is 5.56 Å². The van der Waals surface area contributed by atoms with Crippen LogP contribution in [-0.2, 0) is 0 Å². The van der Waals surface area contributed by atoms with Gasteiger partial charge in [0.05, 0.1) is 6.67 Å². The predicted molar refractivity (Wildman–Crippen MR) is 49.1 cm³/mol. The molecule has 0 radical (unpaired) electrons. The molecule has 0 aromatic heterocycles. The molecule has 0 aliphatic heterocycles. The van der Waals surface area contributed by atoms with Gasteiger partial charge in [-0.1, -0.05) is 42.8 Å². The van der Waals surface area contributed by atoms with E-state index < -0.39 is 0 Å². The summed E-state index contributed by atoms with van der Waals surface area (Å²) in [6.07, 6.45) is 0. The number of alkyl halides is 1. The van der Waals surface area contributed by atoms with Gasteiger partial charge in [-0.25, -0.2) is 0 Å². The summed E-state index contributed by atoms with van der Waals surface area (Å²) in [6.45, 7) is 1.91. The Bertz CT molecular complexity index is 215. The van der Waals surface area contributed by atoms with Crippen molar-refractivity contribution in [2.24, 2.45) is 0 Å². The van der Waals surface area contributed by atoms with Gasteiger partial charge in [-0.05, 0) is 0 Å². The van der Waals surface area contributed by atoms with Crippen LogP contribution in [0.3, 0.4) is 0 Å². The number of hydrogen-bond donors (Lipinski definition) is 0. The first kappa shape index (κ1) is 12.7. The summed E-state index contributed by atoms with van der Waals surface area (Å²) in [4.78, 5) is 0. The van der Waals surface area contributed by atoms with Gasteiger partial charge >= 0.3 is 18.9 Å². The largest absolute Gasteiger partial charge is 1.00 e. The zero-order chi connectivity index (χ0) is 8.81. The predicted octanol–water partition coefficient (Wildman–Crippen LogP) is 0.0948. The number of nitrogens with zero attached hydrogens (tertiary/aromatic N) is 1. The average Bonchev–Trinajstić information content (AvgIpc) is 2.15. The fourth-order valence-corrected chi connectivity index (χ4v) is 1.08. The van der Waals surface area contributed by atoms with Crippen LogP contribution >= 0.6 is 0 Å². The molecule has 1 atom stereocenters. The summed E-state index contributed by atoms with van der Waals surface area (Å²) >= 11 is 0. The maximum atomic E-state index is 11.8. The molecule has 0 aliphatic carbocycles. The van der Waals surface area contributed by atoms with E-state index in [4.69, 9.17) is 0 Å². The Morgan fingerprint density at radius 2 is 1.92 bits per heavy atom. The normalized spacial score (nSPS) is 11.8. The van der Waals surface area contributed by atoms with Crippen molar-refractivity contribution in [3.63, 3.8) is 0 Å². The maximum Gasteiger partial charge on any atom is 1.00 e. The quantitative estimate of drug-likeness (QED) is 0.573. The second kappa shape index (κ2) is 7.14. The van der Waals surface area contributed by atoms with Crippen molar-refractivity contribution >= 4 is 0 Å². The first-order chi connectivity index (χ1) is 5.84. The number of hydrogen-bond acceptors (Lipinski definition) is 0. The van der Waals surface area contributed by atoms with Crippen LogP contribution in [0.15, 0.2) is 30.3 Å².